The number of fused-ring (bicyclic) bond motifs is 1. The summed E-state index contributed by atoms with van der Waals surface area (Å²) in [5.74, 6) is -0.561. The summed E-state index contributed by atoms with van der Waals surface area (Å²) in [4.78, 5) is 4.15. The Hall–Kier alpha value is -2.38. The van der Waals surface area contributed by atoms with E-state index < -0.39 is 5.82 Å². The van der Waals surface area contributed by atoms with Gasteiger partial charge in [0.2, 0.25) is 0 Å². The van der Waals surface area contributed by atoms with Gasteiger partial charge in [-0.15, -0.1) is 0 Å². The molecule has 0 aliphatic heterocycles. The van der Waals surface area contributed by atoms with Gasteiger partial charge in [0.25, 0.3) is 0 Å². The number of hydrogen-bond donors (Lipinski definition) is 0. The third kappa shape index (κ3) is 1.84. The topological polar surface area (TPSA) is 41.6 Å². The molecule has 0 saturated heterocycles. The molecular formula is C15H9ClFN3. The van der Waals surface area contributed by atoms with Gasteiger partial charge >= 0.3 is 0 Å². The monoisotopic (exact) mass is 285 g/mol. The zero-order valence-electron chi connectivity index (χ0n) is 10.6. The number of nitriles is 1. The second-order valence-corrected chi connectivity index (χ2v) is 4.81. The Morgan fingerprint density at radius 1 is 1.35 bits per heavy atom. The number of hydrogen-bond acceptors (Lipinski definition) is 2. The van der Waals surface area contributed by atoms with E-state index in [1.54, 1.807) is 18.3 Å². The van der Waals surface area contributed by atoms with E-state index in [9.17, 15) is 4.39 Å². The lowest BCUT2D eigenvalue weighted by atomic mass is 10.0. The van der Waals surface area contributed by atoms with Gasteiger partial charge in [0.1, 0.15) is 17.0 Å². The van der Waals surface area contributed by atoms with E-state index in [0.29, 0.717) is 16.3 Å². The van der Waals surface area contributed by atoms with Crippen molar-refractivity contribution in [1.82, 2.24) is 9.55 Å². The molecule has 2 heterocycles. The molecule has 98 valence electrons. The van der Waals surface area contributed by atoms with Crippen LogP contribution in [-0.4, -0.2) is 9.55 Å². The lowest BCUT2D eigenvalue weighted by Gasteiger charge is -2.07. The molecule has 0 N–H and O–H groups in total. The first-order valence-corrected chi connectivity index (χ1v) is 6.29. The summed E-state index contributed by atoms with van der Waals surface area (Å²) < 4.78 is 15.7. The number of pyridine rings is 1. The maximum atomic E-state index is 13.8. The van der Waals surface area contributed by atoms with E-state index in [0.717, 1.165) is 10.9 Å². The quantitative estimate of drug-likeness (QED) is 0.636. The fraction of sp³-hybridized carbons (Fsp3) is 0.0667. The number of rotatable bonds is 1. The van der Waals surface area contributed by atoms with E-state index in [1.165, 1.54) is 12.1 Å². The van der Waals surface area contributed by atoms with Gasteiger partial charge in [-0.2, -0.15) is 5.26 Å². The van der Waals surface area contributed by atoms with E-state index in [-0.39, 0.29) is 5.56 Å². The highest BCUT2D eigenvalue weighted by Gasteiger charge is 2.13. The molecule has 0 saturated carbocycles. The van der Waals surface area contributed by atoms with E-state index in [4.69, 9.17) is 16.9 Å². The zero-order chi connectivity index (χ0) is 14.3. The normalized spacial score (nSPS) is 10.7. The Labute approximate surface area is 119 Å². The first-order valence-electron chi connectivity index (χ1n) is 5.91. The molecule has 0 aliphatic carbocycles. The molecule has 3 nitrogen and oxygen atoms in total. The van der Waals surface area contributed by atoms with Crippen molar-refractivity contribution in [3.05, 3.63) is 53.2 Å². The summed E-state index contributed by atoms with van der Waals surface area (Å²) >= 11 is 6.17. The van der Waals surface area contributed by atoms with Crippen LogP contribution in [0.5, 0.6) is 0 Å². The minimum atomic E-state index is -0.561. The molecule has 0 bridgehead atoms. The standard InChI is InChI=1S/C15H9ClFN3/c1-20-5-4-11-13(20)8-19-15(16)14(11)9-2-3-10(7-18)12(17)6-9/h2-6,8H,1H3. The number of benzene rings is 1. The average molecular weight is 286 g/mol. The Bertz CT molecular complexity index is 861. The van der Waals surface area contributed by atoms with Crippen LogP contribution in [0.15, 0.2) is 36.7 Å². The molecule has 0 amide bonds. The summed E-state index contributed by atoms with van der Waals surface area (Å²) in [6.07, 6.45) is 3.58. The van der Waals surface area contributed by atoms with Crippen molar-refractivity contribution in [2.45, 2.75) is 0 Å². The molecule has 0 radical (unpaired) electrons. The molecule has 3 rings (SSSR count). The smallest absolute Gasteiger partial charge is 0.141 e. The first kappa shape index (κ1) is 12.6. The van der Waals surface area contributed by atoms with Crippen molar-refractivity contribution >= 4 is 22.5 Å². The van der Waals surface area contributed by atoms with Crippen LogP contribution in [0, 0.1) is 17.1 Å². The van der Waals surface area contributed by atoms with Crippen LogP contribution < -0.4 is 0 Å². The fourth-order valence-electron chi connectivity index (χ4n) is 2.24. The maximum Gasteiger partial charge on any atom is 0.141 e. The average Bonchev–Trinajstić information content (AvgIpc) is 2.80. The van der Waals surface area contributed by atoms with Crippen LogP contribution in [0.25, 0.3) is 22.0 Å². The molecule has 0 unspecified atom stereocenters. The summed E-state index contributed by atoms with van der Waals surface area (Å²) in [6, 6.07) is 8.15. The van der Waals surface area contributed by atoms with Gasteiger partial charge in [0, 0.05) is 24.2 Å². The third-order valence-electron chi connectivity index (χ3n) is 3.27. The minimum Gasteiger partial charge on any atom is -0.349 e. The van der Waals surface area contributed by atoms with Gasteiger partial charge in [-0.25, -0.2) is 9.37 Å². The molecule has 0 fully saturated rings. The molecule has 1 aromatic carbocycles. The number of halogens is 2. The van der Waals surface area contributed by atoms with Crippen LogP contribution in [0.4, 0.5) is 4.39 Å². The van der Waals surface area contributed by atoms with E-state index >= 15 is 0 Å². The highest BCUT2D eigenvalue weighted by atomic mass is 35.5. The van der Waals surface area contributed by atoms with Crippen molar-refractivity contribution in [2.24, 2.45) is 7.05 Å². The molecule has 0 aliphatic rings. The zero-order valence-corrected chi connectivity index (χ0v) is 11.3. The Morgan fingerprint density at radius 2 is 2.15 bits per heavy atom. The van der Waals surface area contributed by atoms with Gasteiger partial charge < -0.3 is 4.57 Å². The van der Waals surface area contributed by atoms with Crippen molar-refractivity contribution in [2.75, 3.05) is 0 Å². The van der Waals surface area contributed by atoms with Crippen LogP contribution in [0.2, 0.25) is 5.15 Å². The molecular weight excluding hydrogens is 277 g/mol. The number of aryl methyl sites for hydroxylation is 1. The summed E-state index contributed by atoms with van der Waals surface area (Å²) in [5, 5.41) is 9.99. The molecule has 5 heteroatoms. The third-order valence-corrected chi connectivity index (χ3v) is 3.56. The highest BCUT2D eigenvalue weighted by molar-refractivity contribution is 6.33. The van der Waals surface area contributed by atoms with Gasteiger partial charge in [-0.3, -0.25) is 0 Å². The molecule has 0 spiro atoms. The Balaban J connectivity index is 2.32. The largest absolute Gasteiger partial charge is 0.349 e. The van der Waals surface area contributed by atoms with Crippen molar-refractivity contribution in [1.29, 1.82) is 5.26 Å². The van der Waals surface area contributed by atoms with Crippen molar-refractivity contribution in [3.63, 3.8) is 0 Å². The first-order chi connectivity index (χ1) is 9.61. The molecule has 3 aromatic rings. The summed E-state index contributed by atoms with van der Waals surface area (Å²) in [5.41, 5.74) is 2.20. The molecule has 20 heavy (non-hydrogen) atoms. The summed E-state index contributed by atoms with van der Waals surface area (Å²) in [6.45, 7) is 0. The lowest BCUT2D eigenvalue weighted by Crippen LogP contribution is -1.91. The van der Waals surface area contributed by atoms with Crippen molar-refractivity contribution < 1.29 is 4.39 Å². The van der Waals surface area contributed by atoms with Gasteiger partial charge in [0.05, 0.1) is 17.3 Å². The van der Waals surface area contributed by atoms with E-state index in [1.807, 2.05) is 23.9 Å². The van der Waals surface area contributed by atoms with Crippen molar-refractivity contribution in [3.8, 4) is 17.2 Å². The van der Waals surface area contributed by atoms with Crippen LogP contribution in [-0.2, 0) is 7.05 Å². The fourth-order valence-corrected chi connectivity index (χ4v) is 2.50. The van der Waals surface area contributed by atoms with Crippen LogP contribution in [0.3, 0.4) is 0 Å². The predicted octanol–water partition coefficient (Wildman–Crippen LogP) is 3.90. The van der Waals surface area contributed by atoms with Crippen LogP contribution in [0.1, 0.15) is 5.56 Å². The highest BCUT2D eigenvalue weighted by Crippen LogP contribution is 2.34. The molecule has 0 atom stereocenters. The second kappa shape index (κ2) is 4.62. The predicted molar refractivity (Wildman–Crippen MR) is 75.8 cm³/mol. The van der Waals surface area contributed by atoms with E-state index in [2.05, 4.69) is 4.98 Å². The Morgan fingerprint density at radius 3 is 2.85 bits per heavy atom. The van der Waals surface area contributed by atoms with Gasteiger partial charge in [-0.1, -0.05) is 17.7 Å². The summed E-state index contributed by atoms with van der Waals surface area (Å²) in [7, 11) is 1.90. The number of nitrogens with zero attached hydrogens (tertiary/aromatic N) is 3. The van der Waals surface area contributed by atoms with Gasteiger partial charge in [-0.05, 0) is 23.8 Å². The molecule has 2 aromatic heterocycles. The SMILES string of the molecule is Cn1ccc2c(-c3ccc(C#N)c(F)c3)c(Cl)ncc21. The van der Waals surface area contributed by atoms with Gasteiger partial charge in [0.15, 0.2) is 0 Å². The van der Waals surface area contributed by atoms with Crippen LogP contribution >= 0.6 is 11.6 Å². The Kier molecular flexibility index (Phi) is 2.92. The second-order valence-electron chi connectivity index (χ2n) is 4.46. The number of aromatic nitrogens is 2. The minimum absolute atomic E-state index is 0.0121. The maximum absolute atomic E-state index is 13.8. The lowest BCUT2D eigenvalue weighted by molar-refractivity contribution is 0.624.